The molecule has 0 radical (unpaired) electrons. The standard InChI is InChI=1S/C25H32FNO5S/c26-23-15-21(25(10-13-31-14-11-25)32-18-22(29)17-28)9-8-20(23)16-27-12-4-7-24(33(27)30)19-5-2-1-3-6-19/h1-3,5-6,8-9,15,22,24,28-29H,4,7,10-14,16-18H2/t22-,24+,33?/m0/s1. The van der Waals surface area contributed by atoms with Gasteiger partial charge in [-0.05, 0) is 30.0 Å². The van der Waals surface area contributed by atoms with Crippen LogP contribution < -0.4 is 0 Å². The van der Waals surface area contributed by atoms with Gasteiger partial charge >= 0.3 is 0 Å². The van der Waals surface area contributed by atoms with Crippen molar-refractivity contribution in [2.75, 3.05) is 33.0 Å². The van der Waals surface area contributed by atoms with Gasteiger partial charge in [-0.2, -0.15) is 0 Å². The summed E-state index contributed by atoms with van der Waals surface area (Å²) in [5.41, 5.74) is 1.48. The van der Waals surface area contributed by atoms with Crippen LogP contribution in [0.1, 0.15) is 47.6 Å². The van der Waals surface area contributed by atoms with E-state index < -0.39 is 29.3 Å². The molecular weight excluding hydrogens is 445 g/mol. The molecular formula is C25H32FNO5S. The van der Waals surface area contributed by atoms with Gasteiger partial charge in [-0.25, -0.2) is 12.9 Å². The van der Waals surface area contributed by atoms with Crippen LogP contribution in [0, 0.1) is 5.82 Å². The summed E-state index contributed by atoms with van der Waals surface area (Å²) < 4.78 is 41.8. The van der Waals surface area contributed by atoms with E-state index in [-0.39, 0.29) is 24.2 Å². The SMILES string of the molecule is O=S1[C@@H](c2ccccc2)CCCN1Cc1ccc(C2(OC[C@@H](O)CO)CCOCC2)cc1F. The molecule has 0 aliphatic carbocycles. The minimum atomic E-state index is -1.23. The number of hydrogen-bond acceptors (Lipinski definition) is 5. The lowest BCUT2D eigenvalue weighted by atomic mass is 9.85. The maximum absolute atomic E-state index is 15.2. The van der Waals surface area contributed by atoms with Crippen molar-refractivity contribution in [3.05, 3.63) is 71.0 Å². The van der Waals surface area contributed by atoms with E-state index in [9.17, 15) is 9.32 Å². The molecule has 0 bridgehead atoms. The molecule has 4 rings (SSSR count). The summed E-state index contributed by atoms with van der Waals surface area (Å²) in [6.07, 6.45) is 1.86. The fraction of sp³-hybridized carbons (Fsp3) is 0.520. The van der Waals surface area contributed by atoms with E-state index in [1.165, 1.54) is 6.07 Å². The molecule has 0 amide bonds. The number of nitrogens with zero attached hydrogens (tertiary/aromatic N) is 1. The Morgan fingerprint density at radius 3 is 2.67 bits per heavy atom. The Bertz CT molecular complexity index is 938. The smallest absolute Gasteiger partial charge is 0.128 e. The van der Waals surface area contributed by atoms with Crippen molar-refractivity contribution in [3.8, 4) is 0 Å². The molecule has 0 spiro atoms. The predicted octanol–water partition coefficient (Wildman–Crippen LogP) is 3.20. The van der Waals surface area contributed by atoms with Crippen molar-refractivity contribution in [1.82, 2.24) is 4.31 Å². The average molecular weight is 478 g/mol. The zero-order chi connectivity index (χ0) is 23.3. The molecule has 2 aliphatic heterocycles. The van der Waals surface area contributed by atoms with Crippen LogP contribution in [0.25, 0.3) is 0 Å². The summed E-state index contributed by atoms with van der Waals surface area (Å²) in [5.74, 6) is -0.358. The Hall–Kier alpha value is -1.68. The molecule has 33 heavy (non-hydrogen) atoms. The molecule has 2 aromatic rings. The van der Waals surface area contributed by atoms with Crippen molar-refractivity contribution >= 4 is 11.0 Å². The molecule has 2 aliphatic rings. The summed E-state index contributed by atoms with van der Waals surface area (Å²) in [6, 6.07) is 15.0. The second-order valence-corrected chi connectivity index (χ2v) is 10.4. The topological polar surface area (TPSA) is 79.2 Å². The maximum atomic E-state index is 15.2. The molecule has 2 saturated heterocycles. The minimum absolute atomic E-state index is 0.0342. The highest BCUT2D eigenvalue weighted by Gasteiger charge is 2.37. The van der Waals surface area contributed by atoms with Gasteiger partial charge in [0, 0.05) is 44.7 Å². The minimum Gasteiger partial charge on any atom is -0.394 e. The van der Waals surface area contributed by atoms with Crippen LogP contribution in [0.5, 0.6) is 0 Å². The number of aliphatic hydroxyl groups is 2. The average Bonchev–Trinajstić information content (AvgIpc) is 2.86. The van der Waals surface area contributed by atoms with Gasteiger partial charge in [-0.1, -0.05) is 42.5 Å². The summed E-state index contributed by atoms with van der Waals surface area (Å²) >= 11 is 0. The third kappa shape index (κ3) is 5.70. The van der Waals surface area contributed by atoms with Crippen LogP contribution in [0.4, 0.5) is 4.39 Å². The third-order valence-electron chi connectivity index (χ3n) is 6.53. The number of halogens is 1. The van der Waals surface area contributed by atoms with Crippen molar-refractivity contribution < 1.29 is 28.3 Å². The number of hydrogen-bond donors (Lipinski definition) is 2. The van der Waals surface area contributed by atoms with E-state index in [0.29, 0.717) is 43.7 Å². The highest BCUT2D eigenvalue weighted by Crippen LogP contribution is 2.38. The van der Waals surface area contributed by atoms with Crippen LogP contribution in [0.2, 0.25) is 0 Å². The molecule has 1 unspecified atom stereocenters. The van der Waals surface area contributed by atoms with Gasteiger partial charge in [0.05, 0.1) is 24.1 Å². The zero-order valence-corrected chi connectivity index (χ0v) is 19.5. The van der Waals surface area contributed by atoms with Crippen molar-refractivity contribution in [2.24, 2.45) is 0 Å². The highest BCUT2D eigenvalue weighted by molar-refractivity contribution is 7.82. The first-order chi connectivity index (χ1) is 16.0. The Morgan fingerprint density at radius 1 is 1.21 bits per heavy atom. The number of benzene rings is 2. The fourth-order valence-electron chi connectivity index (χ4n) is 4.59. The van der Waals surface area contributed by atoms with Crippen molar-refractivity contribution in [2.45, 2.75) is 49.2 Å². The van der Waals surface area contributed by atoms with Crippen molar-refractivity contribution in [3.63, 3.8) is 0 Å². The predicted molar refractivity (Wildman–Crippen MR) is 124 cm³/mol. The fourth-order valence-corrected chi connectivity index (χ4v) is 6.29. The molecule has 8 heteroatoms. The molecule has 2 heterocycles. The summed E-state index contributed by atoms with van der Waals surface area (Å²) in [7, 11) is -1.23. The molecule has 6 nitrogen and oxygen atoms in total. The first kappa shape index (κ1) is 24.4. The van der Waals surface area contributed by atoms with Crippen LogP contribution in [0.3, 0.4) is 0 Å². The molecule has 0 saturated carbocycles. The maximum Gasteiger partial charge on any atom is 0.128 e. The lowest BCUT2D eigenvalue weighted by Gasteiger charge is -2.38. The van der Waals surface area contributed by atoms with Crippen LogP contribution in [-0.4, -0.2) is 57.8 Å². The normalized spacial score (nSPS) is 24.5. The van der Waals surface area contributed by atoms with Crippen LogP contribution >= 0.6 is 0 Å². The highest BCUT2D eigenvalue weighted by atomic mass is 32.2. The van der Waals surface area contributed by atoms with E-state index >= 15 is 4.39 Å². The molecule has 180 valence electrons. The molecule has 2 N–H and O–H groups in total. The second-order valence-electron chi connectivity index (χ2n) is 8.74. The lowest BCUT2D eigenvalue weighted by Crippen LogP contribution is -2.39. The van der Waals surface area contributed by atoms with Gasteiger partial charge in [0.1, 0.15) is 22.9 Å². The Balaban J connectivity index is 1.50. The van der Waals surface area contributed by atoms with Gasteiger partial charge < -0.3 is 19.7 Å². The quantitative estimate of drug-likeness (QED) is 0.611. The Kier molecular flexibility index (Phi) is 8.27. The van der Waals surface area contributed by atoms with Crippen LogP contribution in [0.15, 0.2) is 48.5 Å². The molecule has 2 aromatic carbocycles. The molecule has 2 fully saturated rings. The van der Waals surface area contributed by atoms with Gasteiger partial charge in [0.15, 0.2) is 0 Å². The summed E-state index contributed by atoms with van der Waals surface area (Å²) in [6.45, 7) is 1.48. The van der Waals surface area contributed by atoms with E-state index in [1.807, 2.05) is 40.7 Å². The van der Waals surface area contributed by atoms with E-state index in [0.717, 1.165) is 18.4 Å². The van der Waals surface area contributed by atoms with Crippen LogP contribution in [-0.2, 0) is 32.6 Å². The second kappa shape index (κ2) is 11.2. The number of rotatable bonds is 8. The van der Waals surface area contributed by atoms with Gasteiger partial charge in [-0.3, -0.25) is 0 Å². The first-order valence-corrected chi connectivity index (χ1v) is 12.7. The summed E-state index contributed by atoms with van der Waals surface area (Å²) in [5, 5.41) is 18.8. The first-order valence-electron chi connectivity index (χ1n) is 11.5. The Labute approximate surface area is 196 Å². The zero-order valence-electron chi connectivity index (χ0n) is 18.7. The Morgan fingerprint density at radius 2 is 1.97 bits per heavy atom. The monoisotopic (exact) mass is 477 g/mol. The van der Waals surface area contributed by atoms with Gasteiger partial charge in [0.25, 0.3) is 0 Å². The third-order valence-corrected chi connectivity index (χ3v) is 8.35. The molecule has 0 aromatic heterocycles. The summed E-state index contributed by atoms with van der Waals surface area (Å²) in [4.78, 5) is 0. The van der Waals surface area contributed by atoms with E-state index in [2.05, 4.69) is 0 Å². The van der Waals surface area contributed by atoms with Gasteiger partial charge in [0.2, 0.25) is 0 Å². The van der Waals surface area contributed by atoms with Crippen molar-refractivity contribution in [1.29, 1.82) is 0 Å². The number of aliphatic hydroxyl groups excluding tert-OH is 2. The lowest BCUT2D eigenvalue weighted by molar-refractivity contribution is -0.139. The van der Waals surface area contributed by atoms with E-state index in [1.54, 1.807) is 6.07 Å². The van der Waals surface area contributed by atoms with Gasteiger partial charge in [-0.15, -0.1) is 0 Å². The number of ether oxygens (including phenoxy) is 2. The molecule has 3 atom stereocenters. The largest absolute Gasteiger partial charge is 0.394 e. The van der Waals surface area contributed by atoms with E-state index in [4.69, 9.17) is 14.6 Å².